The van der Waals surface area contributed by atoms with Crippen LogP contribution in [-0.4, -0.2) is 22.8 Å². The molecule has 0 amide bonds. The average molecular weight is 226 g/mol. The molecule has 2 unspecified atom stereocenters. The number of aliphatic hydroxyl groups is 1. The van der Waals surface area contributed by atoms with E-state index in [0.717, 1.165) is 44.9 Å². The van der Waals surface area contributed by atoms with Gasteiger partial charge in [-0.25, -0.2) is 4.79 Å². The average Bonchev–Trinajstić information content (AvgIpc) is 2.30. The second-order valence-electron chi connectivity index (χ2n) is 4.56. The highest BCUT2D eigenvalue weighted by Gasteiger charge is 2.42. The van der Waals surface area contributed by atoms with Gasteiger partial charge in [-0.05, 0) is 32.1 Å². The summed E-state index contributed by atoms with van der Waals surface area (Å²) in [7, 11) is 0. The zero-order valence-electron chi connectivity index (χ0n) is 10.1. The van der Waals surface area contributed by atoms with Crippen molar-refractivity contribution >= 4 is 5.97 Å². The summed E-state index contributed by atoms with van der Waals surface area (Å²) >= 11 is 0. The minimum atomic E-state index is -0.653. The molecule has 16 heavy (non-hydrogen) atoms. The molecule has 1 fully saturated rings. The summed E-state index contributed by atoms with van der Waals surface area (Å²) in [6.45, 7) is 5.50. The van der Waals surface area contributed by atoms with E-state index >= 15 is 0 Å². The van der Waals surface area contributed by atoms with Gasteiger partial charge < -0.3 is 9.84 Å². The summed E-state index contributed by atoms with van der Waals surface area (Å²) in [6, 6.07) is 0. The van der Waals surface area contributed by atoms with Crippen LogP contribution < -0.4 is 0 Å². The second kappa shape index (κ2) is 6.04. The third-order valence-corrected chi connectivity index (χ3v) is 3.36. The molecule has 1 rings (SSSR count). The molecule has 0 saturated heterocycles. The molecule has 0 aromatic rings. The van der Waals surface area contributed by atoms with Crippen molar-refractivity contribution < 1.29 is 14.6 Å². The zero-order valence-corrected chi connectivity index (χ0v) is 10.1. The van der Waals surface area contributed by atoms with Gasteiger partial charge in [0.2, 0.25) is 0 Å². The van der Waals surface area contributed by atoms with Crippen LogP contribution in [0.4, 0.5) is 0 Å². The molecule has 0 bridgehead atoms. The molecule has 2 atom stereocenters. The molecule has 0 spiro atoms. The lowest BCUT2D eigenvalue weighted by Crippen LogP contribution is -2.48. The standard InChI is InChI=1S/C13H22O3/c1-3-5-9-13(16-12(15)4-2)10-7-6-8-11(13)14/h4,11,14H,2-3,5-10H2,1H3. The fourth-order valence-corrected chi connectivity index (χ4v) is 2.37. The molecule has 1 aliphatic carbocycles. The van der Waals surface area contributed by atoms with Crippen molar-refractivity contribution in [2.24, 2.45) is 0 Å². The van der Waals surface area contributed by atoms with Crippen LogP contribution in [0.1, 0.15) is 51.9 Å². The molecule has 0 heterocycles. The van der Waals surface area contributed by atoms with Crippen LogP contribution in [-0.2, 0) is 9.53 Å². The first-order valence-electron chi connectivity index (χ1n) is 6.18. The first-order valence-corrected chi connectivity index (χ1v) is 6.18. The lowest BCUT2D eigenvalue weighted by Gasteiger charge is -2.40. The smallest absolute Gasteiger partial charge is 0.330 e. The van der Waals surface area contributed by atoms with Crippen LogP contribution in [0.25, 0.3) is 0 Å². The molecule has 0 aliphatic heterocycles. The van der Waals surface area contributed by atoms with Crippen LogP contribution in [0, 0.1) is 0 Å². The maximum atomic E-state index is 11.3. The Balaban J connectivity index is 2.72. The number of hydrogen-bond donors (Lipinski definition) is 1. The summed E-state index contributed by atoms with van der Waals surface area (Å²) in [6.07, 6.45) is 6.96. The Bertz CT molecular complexity index is 250. The number of rotatable bonds is 5. The molecular weight excluding hydrogens is 204 g/mol. The minimum Gasteiger partial charge on any atom is -0.453 e. The predicted octanol–water partition coefficient (Wildman–Crippen LogP) is 2.58. The van der Waals surface area contributed by atoms with E-state index in [4.69, 9.17) is 4.74 Å². The van der Waals surface area contributed by atoms with E-state index in [0.29, 0.717) is 0 Å². The number of hydrogen-bond acceptors (Lipinski definition) is 3. The number of unbranched alkanes of at least 4 members (excludes halogenated alkanes) is 1. The predicted molar refractivity (Wildman–Crippen MR) is 63.0 cm³/mol. The largest absolute Gasteiger partial charge is 0.453 e. The Labute approximate surface area is 97.5 Å². The Morgan fingerprint density at radius 2 is 2.38 bits per heavy atom. The number of carbonyl (C=O) groups excluding carboxylic acids is 1. The highest BCUT2D eigenvalue weighted by molar-refractivity contribution is 5.81. The van der Waals surface area contributed by atoms with Crippen LogP contribution in [0.3, 0.4) is 0 Å². The Kier molecular flexibility index (Phi) is 5.00. The molecule has 3 heteroatoms. The number of esters is 1. The quantitative estimate of drug-likeness (QED) is 0.579. The van der Waals surface area contributed by atoms with Crippen molar-refractivity contribution in [1.29, 1.82) is 0 Å². The zero-order chi connectivity index (χ0) is 12.0. The molecule has 0 radical (unpaired) electrons. The van der Waals surface area contributed by atoms with Gasteiger partial charge in [0.1, 0.15) is 5.60 Å². The monoisotopic (exact) mass is 226 g/mol. The molecule has 1 aliphatic rings. The fourth-order valence-electron chi connectivity index (χ4n) is 2.37. The van der Waals surface area contributed by atoms with Crippen molar-refractivity contribution in [2.75, 3.05) is 0 Å². The molecule has 1 N–H and O–H groups in total. The summed E-state index contributed by atoms with van der Waals surface area (Å²) < 4.78 is 5.44. The Hall–Kier alpha value is -0.830. The van der Waals surface area contributed by atoms with Gasteiger partial charge in [-0.1, -0.05) is 26.3 Å². The summed E-state index contributed by atoms with van der Waals surface area (Å²) in [4.78, 5) is 11.3. The van der Waals surface area contributed by atoms with Gasteiger partial charge in [0.25, 0.3) is 0 Å². The van der Waals surface area contributed by atoms with E-state index in [2.05, 4.69) is 13.5 Å². The topological polar surface area (TPSA) is 46.5 Å². The Morgan fingerprint density at radius 3 is 2.94 bits per heavy atom. The third-order valence-electron chi connectivity index (χ3n) is 3.36. The lowest BCUT2D eigenvalue weighted by molar-refractivity contribution is -0.176. The van der Waals surface area contributed by atoms with E-state index in [1.807, 2.05) is 0 Å². The third kappa shape index (κ3) is 3.08. The molecule has 0 aromatic carbocycles. The maximum Gasteiger partial charge on any atom is 0.330 e. The maximum absolute atomic E-state index is 11.3. The van der Waals surface area contributed by atoms with Gasteiger partial charge in [-0.2, -0.15) is 0 Å². The van der Waals surface area contributed by atoms with Crippen molar-refractivity contribution in [2.45, 2.75) is 63.6 Å². The van der Waals surface area contributed by atoms with Gasteiger partial charge in [0.15, 0.2) is 0 Å². The Morgan fingerprint density at radius 1 is 1.62 bits per heavy atom. The molecule has 3 nitrogen and oxygen atoms in total. The minimum absolute atomic E-state index is 0.419. The first-order chi connectivity index (χ1) is 7.64. The van der Waals surface area contributed by atoms with Crippen LogP contribution >= 0.6 is 0 Å². The van der Waals surface area contributed by atoms with Gasteiger partial charge in [-0.15, -0.1) is 0 Å². The summed E-state index contributed by atoms with van der Waals surface area (Å²) in [5.74, 6) is -0.419. The van der Waals surface area contributed by atoms with Crippen LogP contribution in [0.5, 0.6) is 0 Å². The van der Waals surface area contributed by atoms with E-state index in [-0.39, 0.29) is 0 Å². The van der Waals surface area contributed by atoms with Crippen molar-refractivity contribution in [3.05, 3.63) is 12.7 Å². The van der Waals surface area contributed by atoms with E-state index < -0.39 is 17.7 Å². The van der Waals surface area contributed by atoms with E-state index in [9.17, 15) is 9.90 Å². The number of carbonyl (C=O) groups is 1. The van der Waals surface area contributed by atoms with Crippen LogP contribution in [0.15, 0.2) is 12.7 Å². The molecule has 0 aromatic heterocycles. The van der Waals surface area contributed by atoms with Crippen molar-refractivity contribution in [3.63, 3.8) is 0 Å². The van der Waals surface area contributed by atoms with Gasteiger partial charge in [-0.3, -0.25) is 0 Å². The highest BCUT2D eigenvalue weighted by atomic mass is 16.6. The summed E-state index contributed by atoms with van der Waals surface area (Å²) in [5, 5.41) is 10.1. The van der Waals surface area contributed by atoms with E-state index in [1.54, 1.807) is 0 Å². The van der Waals surface area contributed by atoms with Crippen molar-refractivity contribution in [3.8, 4) is 0 Å². The highest BCUT2D eigenvalue weighted by Crippen LogP contribution is 2.36. The lowest BCUT2D eigenvalue weighted by atomic mass is 9.78. The van der Waals surface area contributed by atoms with Gasteiger partial charge in [0.05, 0.1) is 6.10 Å². The molecular formula is C13H22O3. The number of ether oxygens (including phenoxy) is 1. The van der Waals surface area contributed by atoms with Crippen LogP contribution in [0.2, 0.25) is 0 Å². The van der Waals surface area contributed by atoms with Gasteiger partial charge in [0, 0.05) is 6.08 Å². The fraction of sp³-hybridized carbons (Fsp3) is 0.769. The first kappa shape index (κ1) is 13.2. The molecule has 1 saturated carbocycles. The van der Waals surface area contributed by atoms with Crippen molar-refractivity contribution in [1.82, 2.24) is 0 Å². The molecule has 92 valence electrons. The second-order valence-corrected chi connectivity index (χ2v) is 4.56. The normalized spacial score (nSPS) is 29.8. The van der Waals surface area contributed by atoms with Gasteiger partial charge >= 0.3 is 5.97 Å². The summed E-state index contributed by atoms with van der Waals surface area (Å²) in [5.41, 5.74) is -0.653. The number of aliphatic hydroxyl groups excluding tert-OH is 1. The van der Waals surface area contributed by atoms with E-state index in [1.165, 1.54) is 6.08 Å². The SMILES string of the molecule is C=CC(=O)OC1(CCCC)CCCCC1O.